The molecule has 0 atom stereocenters. The van der Waals surface area contributed by atoms with Crippen LogP contribution in [-0.4, -0.2) is 20.4 Å². The molecule has 0 radical (unpaired) electrons. The number of hydrogen-bond acceptors (Lipinski definition) is 3. The van der Waals surface area contributed by atoms with Gasteiger partial charge in [-0.1, -0.05) is 11.6 Å². The van der Waals surface area contributed by atoms with Crippen LogP contribution in [0.15, 0.2) is 23.7 Å². The number of fused-ring (bicyclic) bond motifs is 1. The fourth-order valence-electron chi connectivity index (χ4n) is 2.09. The molecule has 0 bridgehead atoms. The van der Waals surface area contributed by atoms with Crippen LogP contribution >= 0.6 is 34.5 Å². The number of hydrogen-bond donors (Lipinski definition) is 0. The molecule has 0 unspecified atom stereocenters. The number of rotatable bonds is 4. The lowest BCUT2D eigenvalue weighted by Crippen LogP contribution is -2.05. The predicted octanol–water partition coefficient (Wildman–Crippen LogP) is 4.11. The summed E-state index contributed by atoms with van der Waals surface area (Å²) in [5.41, 5.74) is 1.38. The second-order valence-electron chi connectivity index (χ2n) is 4.23. The lowest BCUT2D eigenvalue weighted by atomic mass is 10.3. The molecule has 0 aliphatic carbocycles. The number of halogens is 3. The average molecular weight is 330 g/mol. The SMILES string of the molecule is Fc1cc2nc(CCCl)n(Cc3nccs3)c2cc1Cl. The van der Waals surface area contributed by atoms with Crippen molar-refractivity contribution in [2.45, 2.75) is 13.0 Å². The van der Waals surface area contributed by atoms with Crippen LogP contribution in [0.2, 0.25) is 5.02 Å². The number of aromatic nitrogens is 3. The van der Waals surface area contributed by atoms with Crippen molar-refractivity contribution in [3.63, 3.8) is 0 Å². The van der Waals surface area contributed by atoms with Gasteiger partial charge in [0.05, 0.1) is 22.6 Å². The topological polar surface area (TPSA) is 30.7 Å². The molecule has 0 aliphatic rings. The van der Waals surface area contributed by atoms with Crippen molar-refractivity contribution in [3.05, 3.63) is 45.4 Å². The van der Waals surface area contributed by atoms with Gasteiger partial charge in [0.15, 0.2) is 0 Å². The van der Waals surface area contributed by atoms with Crippen LogP contribution < -0.4 is 0 Å². The van der Waals surface area contributed by atoms with Crippen molar-refractivity contribution >= 4 is 45.6 Å². The lowest BCUT2D eigenvalue weighted by molar-refractivity contribution is 0.629. The Kier molecular flexibility index (Phi) is 3.92. The van der Waals surface area contributed by atoms with Crippen LogP contribution in [0.4, 0.5) is 4.39 Å². The van der Waals surface area contributed by atoms with Gasteiger partial charge in [0.2, 0.25) is 0 Å². The Morgan fingerprint density at radius 1 is 1.35 bits per heavy atom. The van der Waals surface area contributed by atoms with Gasteiger partial charge in [0.1, 0.15) is 16.6 Å². The molecule has 0 N–H and O–H groups in total. The Morgan fingerprint density at radius 3 is 2.90 bits per heavy atom. The van der Waals surface area contributed by atoms with Crippen LogP contribution in [-0.2, 0) is 13.0 Å². The molecule has 3 aromatic rings. The average Bonchev–Trinajstić information content (AvgIpc) is 3.02. The van der Waals surface area contributed by atoms with Crippen molar-refractivity contribution in [1.82, 2.24) is 14.5 Å². The molecule has 2 heterocycles. The van der Waals surface area contributed by atoms with Crippen LogP contribution in [0.3, 0.4) is 0 Å². The first-order valence-electron chi connectivity index (χ1n) is 5.97. The maximum atomic E-state index is 13.5. The summed E-state index contributed by atoms with van der Waals surface area (Å²) in [6, 6.07) is 2.96. The molecule has 20 heavy (non-hydrogen) atoms. The van der Waals surface area contributed by atoms with E-state index in [1.165, 1.54) is 6.07 Å². The van der Waals surface area contributed by atoms with Gasteiger partial charge in [-0.05, 0) is 6.07 Å². The van der Waals surface area contributed by atoms with Crippen LogP contribution in [0.1, 0.15) is 10.8 Å². The standard InChI is InChI=1S/C13H10Cl2FN3S/c14-2-1-12-18-10-6-9(16)8(15)5-11(10)19(12)7-13-17-3-4-20-13/h3-6H,1-2,7H2. The molecule has 0 saturated heterocycles. The lowest BCUT2D eigenvalue weighted by Gasteiger charge is -2.06. The van der Waals surface area contributed by atoms with Crippen molar-refractivity contribution < 1.29 is 4.39 Å². The molecular weight excluding hydrogens is 320 g/mol. The first-order chi connectivity index (χ1) is 9.69. The quantitative estimate of drug-likeness (QED) is 0.674. The maximum absolute atomic E-state index is 13.5. The number of thiazole rings is 1. The highest BCUT2D eigenvalue weighted by Gasteiger charge is 2.14. The van der Waals surface area contributed by atoms with E-state index in [-0.39, 0.29) is 5.02 Å². The summed E-state index contributed by atoms with van der Waals surface area (Å²) in [5, 5.41) is 2.97. The molecule has 0 aliphatic heterocycles. The molecule has 104 valence electrons. The van der Waals surface area contributed by atoms with Gasteiger partial charge >= 0.3 is 0 Å². The summed E-state index contributed by atoms with van der Waals surface area (Å²) in [5.74, 6) is 0.805. The molecular formula is C13H10Cl2FN3S. The Balaban J connectivity index is 2.15. The van der Waals surface area contributed by atoms with E-state index in [9.17, 15) is 4.39 Å². The largest absolute Gasteiger partial charge is 0.321 e. The first-order valence-corrected chi connectivity index (χ1v) is 7.76. The zero-order valence-electron chi connectivity index (χ0n) is 10.3. The minimum absolute atomic E-state index is 0.0928. The summed E-state index contributed by atoms with van der Waals surface area (Å²) in [4.78, 5) is 8.71. The molecule has 0 fully saturated rings. The third kappa shape index (κ3) is 2.53. The molecule has 1 aromatic carbocycles. The van der Waals surface area contributed by atoms with E-state index in [0.717, 1.165) is 16.3 Å². The minimum Gasteiger partial charge on any atom is -0.321 e. The van der Waals surface area contributed by atoms with Crippen LogP contribution in [0, 0.1) is 5.82 Å². The number of nitrogens with zero attached hydrogens (tertiary/aromatic N) is 3. The number of alkyl halides is 1. The van der Waals surface area contributed by atoms with Crippen molar-refractivity contribution in [1.29, 1.82) is 0 Å². The van der Waals surface area contributed by atoms with E-state index >= 15 is 0 Å². The second-order valence-corrected chi connectivity index (χ2v) is 6.00. The zero-order valence-corrected chi connectivity index (χ0v) is 12.6. The highest BCUT2D eigenvalue weighted by Crippen LogP contribution is 2.25. The number of aryl methyl sites for hydroxylation is 1. The van der Waals surface area contributed by atoms with Crippen LogP contribution in [0.25, 0.3) is 11.0 Å². The van der Waals surface area contributed by atoms with Gasteiger partial charge in [-0.3, -0.25) is 0 Å². The third-order valence-corrected chi connectivity index (χ3v) is 4.21. The molecule has 0 saturated carbocycles. The maximum Gasteiger partial charge on any atom is 0.144 e. The monoisotopic (exact) mass is 329 g/mol. The molecule has 7 heteroatoms. The zero-order chi connectivity index (χ0) is 14.1. The second kappa shape index (κ2) is 5.68. The minimum atomic E-state index is -0.463. The smallest absolute Gasteiger partial charge is 0.144 e. The van der Waals surface area contributed by atoms with Gasteiger partial charge in [-0.2, -0.15) is 0 Å². The Morgan fingerprint density at radius 2 is 2.20 bits per heavy atom. The summed E-state index contributed by atoms with van der Waals surface area (Å²) >= 11 is 13.3. The molecule has 0 spiro atoms. The van der Waals surface area contributed by atoms with Crippen molar-refractivity contribution in [2.24, 2.45) is 0 Å². The van der Waals surface area contributed by atoms with Crippen LogP contribution in [0.5, 0.6) is 0 Å². The Labute approximate surface area is 129 Å². The summed E-state index contributed by atoms with van der Waals surface area (Å²) in [6.07, 6.45) is 2.37. The van der Waals surface area contributed by atoms with E-state index in [2.05, 4.69) is 9.97 Å². The van der Waals surface area contributed by atoms with Gasteiger partial charge < -0.3 is 4.57 Å². The third-order valence-electron chi connectivity index (χ3n) is 2.96. The van der Waals surface area contributed by atoms with E-state index in [1.54, 1.807) is 23.6 Å². The highest BCUT2D eigenvalue weighted by atomic mass is 35.5. The molecule has 3 rings (SSSR count). The van der Waals surface area contributed by atoms with Gasteiger partial charge in [0, 0.05) is 29.9 Å². The first kappa shape index (κ1) is 13.8. The molecule has 0 amide bonds. The number of benzene rings is 1. The van der Waals surface area contributed by atoms with E-state index in [4.69, 9.17) is 23.2 Å². The normalized spacial score (nSPS) is 11.3. The van der Waals surface area contributed by atoms with Crippen molar-refractivity contribution in [2.75, 3.05) is 5.88 Å². The highest BCUT2D eigenvalue weighted by molar-refractivity contribution is 7.09. The van der Waals surface area contributed by atoms with E-state index in [1.807, 2.05) is 9.95 Å². The Bertz CT molecular complexity index is 740. The van der Waals surface area contributed by atoms with E-state index < -0.39 is 5.82 Å². The molecule has 3 nitrogen and oxygen atoms in total. The summed E-state index contributed by atoms with van der Waals surface area (Å²) in [6.45, 7) is 0.586. The fraction of sp³-hybridized carbons (Fsp3) is 0.231. The number of imidazole rings is 1. The van der Waals surface area contributed by atoms with Gasteiger partial charge in [-0.15, -0.1) is 22.9 Å². The van der Waals surface area contributed by atoms with Gasteiger partial charge in [0.25, 0.3) is 0 Å². The van der Waals surface area contributed by atoms with E-state index in [0.29, 0.717) is 24.4 Å². The Hall–Kier alpha value is -1.17. The summed E-state index contributed by atoms with van der Waals surface area (Å²) < 4.78 is 15.5. The van der Waals surface area contributed by atoms with Crippen molar-refractivity contribution in [3.8, 4) is 0 Å². The fourth-order valence-corrected chi connectivity index (χ4v) is 3.02. The molecule has 2 aromatic heterocycles. The van der Waals surface area contributed by atoms with Gasteiger partial charge in [-0.25, -0.2) is 14.4 Å². The summed E-state index contributed by atoms with van der Waals surface area (Å²) in [7, 11) is 0. The predicted molar refractivity (Wildman–Crippen MR) is 80.3 cm³/mol.